The van der Waals surface area contributed by atoms with Crippen molar-refractivity contribution < 1.29 is 9.53 Å². The van der Waals surface area contributed by atoms with E-state index >= 15 is 0 Å². The van der Waals surface area contributed by atoms with Crippen LogP contribution in [0.15, 0.2) is 66.7 Å². The Hall–Kier alpha value is -3.31. The summed E-state index contributed by atoms with van der Waals surface area (Å²) < 4.78 is 8.19. The van der Waals surface area contributed by atoms with Gasteiger partial charge in [-0.3, -0.25) is 4.79 Å². The number of benzene rings is 3. The molecule has 4 rings (SSSR count). The molecular formula is C27H28ClN3O2. The van der Waals surface area contributed by atoms with Crippen LogP contribution < -0.4 is 10.1 Å². The summed E-state index contributed by atoms with van der Waals surface area (Å²) in [5.74, 6) is 1.79. The molecule has 3 aromatic carbocycles. The molecule has 33 heavy (non-hydrogen) atoms. The average Bonchev–Trinajstić information content (AvgIpc) is 3.15. The first kappa shape index (κ1) is 22.9. The van der Waals surface area contributed by atoms with Gasteiger partial charge in [0.05, 0.1) is 24.0 Å². The summed E-state index contributed by atoms with van der Waals surface area (Å²) in [5, 5.41) is 3.67. The quantitative estimate of drug-likeness (QED) is 0.368. The molecule has 170 valence electrons. The lowest BCUT2D eigenvalue weighted by atomic mass is 10.1. The van der Waals surface area contributed by atoms with Gasteiger partial charge >= 0.3 is 0 Å². The van der Waals surface area contributed by atoms with Crippen LogP contribution in [0.4, 0.5) is 0 Å². The number of para-hydroxylation sites is 2. The minimum absolute atomic E-state index is 0.0157. The Bertz CT molecular complexity index is 1250. The summed E-state index contributed by atoms with van der Waals surface area (Å²) in [5.41, 5.74) is 5.43. The summed E-state index contributed by atoms with van der Waals surface area (Å²) in [6.45, 7) is 5.93. The van der Waals surface area contributed by atoms with Gasteiger partial charge in [-0.1, -0.05) is 41.9 Å². The first-order chi connectivity index (χ1) is 16.0. The van der Waals surface area contributed by atoms with Crippen molar-refractivity contribution in [2.45, 2.75) is 33.2 Å². The molecule has 0 atom stereocenters. The minimum atomic E-state index is -0.0157. The second kappa shape index (κ2) is 10.5. The number of fused-ring (bicyclic) bond motifs is 1. The number of aryl methyl sites for hydroxylation is 2. The number of aromatic nitrogens is 2. The molecule has 0 bridgehead atoms. The maximum atomic E-state index is 12.3. The zero-order chi connectivity index (χ0) is 23.2. The highest BCUT2D eigenvalue weighted by molar-refractivity contribution is 6.30. The maximum Gasteiger partial charge on any atom is 0.224 e. The Morgan fingerprint density at radius 3 is 2.61 bits per heavy atom. The molecule has 0 fully saturated rings. The van der Waals surface area contributed by atoms with Crippen molar-refractivity contribution in [1.29, 1.82) is 0 Å². The van der Waals surface area contributed by atoms with E-state index in [2.05, 4.69) is 41.9 Å². The zero-order valence-corrected chi connectivity index (χ0v) is 19.7. The number of nitrogens with one attached hydrogen (secondary N) is 1. The van der Waals surface area contributed by atoms with Gasteiger partial charge < -0.3 is 14.6 Å². The smallest absolute Gasteiger partial charge is 0.224 e. The molecule has 1 heterocycles. The van der Waals surface area contributed by atoms with Crippen molar-refractivity contribution in [3.63, 3.8) is 0 Å². The summed E-state index contributed by atoms with van der Waals surface area (Å²) in [4.78, 5) is 17.1. The molecule has 0 unspecified atom stereocenters. The van der Waals surface area contributed by atoms with Crippen LogP contribution in [0.2, 0.25) is 5.02 Å². The highest BCUT2D eigenvalue weighted by atomic mass is 35.5. The number of carbonyl (C=O) groups is 1. The molecule has 0 aliphatic rings. The highest BCUT2D eigenvalue weighted by Crippen LogP contribution is 2.19. The Morgan fingerprint density at radius 1 is 1.03 bits per heavy atom. The van der Waals surface area contributed by atoms with Crippen molar-refractivity contribution in [2.75, 3.05) is 13.2 Å². The molecule has 0 saturated heterocycles. The highest BCUT2D eigenvalue weighted by Gasteiger charge is 2.11. The van der Waals surface area contributed by atoms with Crippen LogP contribution in [0.3, 0.4) is 0 Å². The number of imidazole rings is 1. The lowest BCUT2D eigenvalue weighted by molar-refractivity contribution is -0.120. The third kappa shape index (κ3) is 5.93. The number of nitrogens with zero attached hydrogens (tertiary/aromatic N) is 2. The van der Waals surface area contributed by atoms with E-state index in [9.17, 15) is 4.79 Å². The predicted octanol–water partition coefficient (Wildman–Crippen LogP) is 5.29. The maximum absolute atomic E-state index is 12.3. The first-order valence-corrected chi connectivity index (χ1v) is 11.5. The molecule has 1 aromatic heterocycles. The van der Waals surface area contributed by atoms with E-state index in [0.717, 1.165) is 28.2 Å². The summed E-state index contributed by atoms with van der Waals surface area (Å²) >= 11 is 5.91. The fourth-order valence-corrected chi connectivity index (χ4v) is 3.91. The zero-order valence-electron chi connectivity index (χ0n) is 19.0. The molecule has 0 saturated carbocycles. The van der Waals surface area contributed by atoms with E-state index < -0.39 is 0 Å². The topological polar surface area (TPSA) is 56.1 Å². The van der Waals surface area contributed by atoms with Gasteiger partial charge in [-0.2, -0.15) is 0 Å². The van der Waals surface area contributed by atoms with E-state index in [-0.39, 0.29) is 5.91 Å². The van der Waals surface area contributed by atoms with Crippen molar-refractivity contribution in [2.24, 2.45) is 0 Å². The second-order valence-corrected chi connectivity index (χ2v) is 8.60. The van der Waals surface area contributed by atoms with Gasteiger partial charge in [-0.25, -0.2) is 4.98 Å². The average molecular weight is 462 g/mol. The molecule has 1 amide bonds. The molecule has 0 spiro atoms. The number of rotatable bonds is 9. The van der Waals surface area contributed by atoms with Gasteiger partial charge in [-0.05, 0) is 66.9 Å². The van der Waals surface area contributed by atoms with Crippen LogP contribution in [-0.4, -0.2) is 28.6 Å². The van der Waals surface area contributed by atoms with Crippen molar-refractivity contribution in [3.8, 4) is 5.75 Å². The predicted molar refractivity (Wildman–Crippen MR) is 133 cm³/mol. The van der Waals surface area contributed by atoms with Gasteiger partial charge in [0.25, 0.3) is 0 Å². The fourth-order valence-electron chi connectivity index (χ4n) is 3.79. The number of hydrogen-bond acceptors (Lipinski definition) is 3. The molecular weight excluding hydrogens is 434 g/mol. The van der Waals surface area contributed by atoms with Crippen molar-refractivity contribution in [1.82, 2.24) is 14.9 Å². The lowest BCUT2D eigenvalue weighted by Crippen LogP contribution is -2.28. The van der Waals surface area contributed by atoms with E-state index in [1.165, 1.54) is 11.1 Å². The van der Waals surface area contributed by atoms with E-state index in [1.54, 1.807) is 12.1 Å². The number of hydrogen-bond donors (Lipinski definition) is 1. The van der Waals surface area contributed by atoms with Crippen LogP contribution in [0.25, 0.3) is 11.0 Å². The van der Waals surface area contributed by atoms with Crippen LogP contribution in [0.5, 0.6) is 5.75 Å². The van der Waals surface area contributed by atoms with Gasteiger partial charge in [0.15, 0.2) is 0 Å². The Kier molecular flexibility index (Phi) is 7.30. The largest absolute Gasteiger partial charge is 0.492 e. The normalized spacial score (nSPS) is 11.0. The van der Waals surface area contributed by atoms with Crippen LogP contribution in [0, 0.1) is 13.8 Å². The monoisotopic (exact) mass is 461 g/mol. The van der Waals surface area contributed by atoms with Crippen LogP contribution in [-0.2, 0) is 24.2 Å². The van der Waals surface area contributed by atoms with Crippen molar-refractivity contribution in [3.05, 3.63) is 94.3 Å². The summed E-state index contributed by atoms with van der Waals surface area (Å²) in [6.07, 6.45) is 0.974. The Labute approximate surface area is 199 Å². The summed E-state index contributed by atoms with van der Waals surface area (Å²) in [6, 6.07) is 21.6. The van der Waals surface area contributed by atoms with Gasteiger partial charge in [0.1, 0.15) is 18.2 Å². The lowest BCUT2D eigenvalue weighted by Gasteiger charge is -2.12. The minimum Gasteiger partial charge on any atom is -0.492 e. The second-order valence-electron chi connectivity index (χ2n) is 8.17. The molecule has 6 heteroatoms. The Morgan fingerprint density at radius 2 is 1.82 bits per heavy atom. The molecule has 0 aliphatic carbocycles. The van der Waals surface area contributed by atoms with E-state index in [1.807, 2.05) is 36.4 Å². The molecule has 5 nitrogen and oxygen atoms in total. The number of ether oxygens (including phenoxy) is 1. The third-order valence-electron chi connectivity index (χ3n) is 5.74. The molecule has 4 aromatic rings. The Balaban J connectivity index is 1.37. The van der Waals surface area contributed by atoms with E-state index in [4.69, 9.17) is 21.3 Å². The molecule has 0 aliphatic heterocycles. The number of carbonyl (C=O) groups excluding carboxylic acids is 1. The number of halogens is 1. The fraction of sp³-hybridized carbons (Fsp3) is 0.259. The molecule has 1 N–H and O–H groups in total. The first-order valence-electron chi connectivity index (χ1n) is 11.1. The summed E-state index contributed by atoms with van der Waals surface area (Å²) in [7, 11) is 0. The van der Waals surface area contributed by atoms with Gasteiger partial charge in [0.2, 0.25) is 5.91 Å². The third-order valence-corrected chi connectivity index (χ3v) is 6.00. The van der Waals surface area contributed by atoms with Crippen molar-refractivity contribution >= 4 is 28.5 Å². The van der Waals surface area contributed by atoms with Crippen LogP contribution >= 0.6 is 11.6 Å². The van der Waals surface area contributed by atoms with Gasteiger partial charge in [0, 0.05) is 18.0 Å². The molecule has 0 radical (unpaired) electrons. The van der Waals surface area contributed by atoms with E-state index in [0.29, 0.717) is 37.6 Å². The van der Waals surface area contributed by atoms with Crippen LogP contribution in [0.1, 0.15) is 22.5 Å². The number of amides is 1. The SMILES string of the molecule is Cc1ccc(OCCn2c(CCNC(=O)Cc3ccc(Cl)cc3)nc3ccccc32)cc1C. The van der Waals surface area contributed by atoms with Gasteiger partial charge in [-0.15, -0.1) is 0 Å². The standard InChI is InChI=1S/C27H28ClN3O2/c1-19-7-12-23(17-20(19)2)33-16-15-31-25-6-4-3-5-24(25)30-26(31)13-14-29-27(32)18-21-8-10-22(28)11-9-21/h3-12,17H,13-16,18H2,1-2H3,(H,29,32).